The van der Waals surface area contributed by atoms with Gasteiger partial charge in [-0.2, -0.15) is 0 Å². The normalized spacial score (nSPS) is 27.0. The maximum absolute atomic E-state index is 12.2. The van der Waals surface area contributed by atoms with Crippen LogP contribution < -0.4 is 4.74 Å². The molecular formula is C20H24O4. The first-order valence-electron chi connectivity index (χ1n) is 8.35. The fourth-order valence-corrected chi connectivity index (χ4v) is 3.70. The molecule has 1 aliphatic carbocycles. The predicted octanol–water partition coefficient (Wildman–Crippen LogP) is 3.67. The van der Waals surface area contributed by atoms with Gasteiger partial charge in [-0.05, 0) is 42.9 Å². The van der Waals surface area contributed by atoms with Gasteiger partial charge >= 0.3 is 0 Å². The topological polar surface area (TPSA) is 44.8 Å². The highest BCUT2D eigenvalue weighted by molar-refractivity contribution is 5.93. The molecule has 128 valence electrons. The van der Waals surface area contributed by atoms with E-state index < -0.39 is 5.60 Å². The van der Waals surface area contributed by atoms with Gasteiger partial charge in [0.15, 0.2) is 12.6 Å². The molecule has 1 aromatic carbocycles. The summed E-state index contributed by atoms with van der Waals surface area (Å²) >= 11 is 0. The monoisotopic (exact) mass is 328 g/mol. The third kappa shape index (κ3) is 2.98. The maximum atomic E-state index is 12.2. The van der Waals surface area contributed by atoms with E-state index in [4.69, 9.17) is 14.2 Å². The molecule has 0 bridgehead atoms. The number of carbonyl (C=O) groups excluding carboxylic acids is 1. The zero-order chi connectivity index (χ0) is 17.2. The first-order valence-corrected chi connectivity index (χ1v) is 8.35. The van der Waals surface area contributed by atoms with E-state index >= 15 is 0 Å². The summed E-state index contributed by atoms with van der Waals surface area (Å²) in [7, 11) is 1.66. The summed E-state index contributed by atoms with van der Waals surface area (Å²) in [5, 5.41) is 0. The average molecular weight is 328 g/mol. The summed E-state index contributed by atoms with van der Waals surface area (Å²) < 4.78 is 16.9. The van der Waals surface area contributed by atoms with Crippen molar-refractivity contribution in [2.75, 3.05) is 13.9 Å². The number of benzene rings is 1. The van der Waals surface area contributed by atoms with Gasteiger partial charge in [-0.15, -0.1) is 6.58 Å². The van der Waals surface area contributed by atoms with E-state index in [1.165, 1.54) is 5.56 Å². The Hall–Kier alpha value is -2.07. The number of allylic oxidation sites excluding steroid dienone is 2. The molecule has 0 aromatic heterocycles. The van der Waals surface area contributed by atoms with Crippen molar-refractivity contribution in [2.45, 2.75) is 31.8 Å². The first-order chi connectivity index (χ1) is 11.6. The van der Waals surface area contributed by atoms with E-state index in [1.807, 2.05) is 12.1 Å². The molecule has 1 aromatic rings. The highest BCUT2D eigenvalue weighted by atomic mass is 16.7. The van der Waals surface area contributed by atoms with Crippen LogP contribution in [0.5, 0.6) is 5.75 Å². The molecule has 1 heterocycles. The van der Waals surface area contributed by atoms with Crippen LogP contribution >= 0.6 is 0 Å². The van der Waals surface area contributed by atoms with Crippen LogP contribution in [-0.4, -0.2) is 25.3 Å². The van der Waals surface area contributed by atoms with Crippen molar-refractivity contribution in [3.05, 3.63) is 54.3 Å². The number of fused-ring (bicyclic) bond motifs is 1. The van der Waals surface area contributed by atoms with E-state index in [0.29, 0.717) is 18.6 Å². The lowest BCUT2D eigenvalue weighted by Gasteiger charge is -2.38. The molecule has 24 heavy (non-hydrogen) atoms. The fraction of sp³-hybridized carbons (Fsp3) is 0.450. The molecule has 0 unspecified atom stereocenters. The molecule has 0 spiro atoms. The first kappa shape index (κ1) is 16.8. The predicted molar refractivity (Wildman–Crippen MR) is 91.6 cm³/mol. The molecule has 0 radical (unpaired) electrons. The Labute approximate surface area is 143 Å². The van der Waals surface area contributed by atoms with Crippen LogP contribution in [0.15, 0.2) is 48.8 Å². The summed E-state index contributed by atoms with van der Waals surface area (Å²) in [5.74, 6) is 1.77. The minimum absolute atomic E-state index is 0.0775. The van der Waals surface area contributed by atoms with E-state index in [1.54, 1.807) is 19.3 Å². The van der Waals surface area contributed by atoms with Gasteiger partial charge in [-0.1, -0.05) is 25.1 Å². The Bertz CT molecular complexity index is 646. The molecule has 1 saturated heterocycles. The van der Waals surface area contributed by atoms with Crippen LogP contribution in [0.1, 0.15) is 25.3 Å². The van der Waals surface area contributed by atoms with Gasteiger partial charge in [0.1, 0.15) is 17.1 Å². The van der Waals surface area contributed by atoms with Crippen LogP contribution in [0.3, 0.4) is 0 Å². The number of ether oxygens (including phenoxy) is 3. The van der Waals surface area contributed by atoms with E-state index in [-0.39, 0.29) is 24.4 Å². The second kappa shape index (κ2) is 6.81. The van der Waals surface area contributed by atoms with Gasteiger partial charge in [-0.3, -0.25) is 4.79 Å². The lowest BCUT2D eigenvalue weighted by atomic mass is 9.71. The van der Waals surface area contributed by atoms with Crippen LogP contribution in [0.2, 0.25) is 0 Å². The highest BCUT2D eigenvalue weighted by Crippen LogP contribution is 2.46. The lowest BCUT2D eigenvalue weighted by molar-refractivity contribution is -0.123. The minimum atomic E-state index is -0.512. The molecule has 0 N–H and O–H groups in total. The number of hydrogen-bond donors (Lipinski definition) is 0. The Kier molecular flexibility index (Phi) is 4.76. The Morgan fingerprint density at radius 3 is 2.83 bits per heavy atom. The molecule has 4 nitrogen and oxygen atoms in total. The van der Waals surface area contributed by atoms with Crippen molar-refractivity contribution in [3.63, 3.8) is 0 Å². The fourth-order valence-electron chi connectivity index (χ4n) is 3.70. The van der Waals surface area contributed by atoms with Gasteiger partial charge in [0.2, 0.25) is 0 Å². The number of ketones is 1. The van der Waals surface area contributed by atoms with Crippen molar-refractivity contribution < 1.29 is 19.0 Å². The lowest BCUT2D eigenvalue weighted by Crippen LogP contribution is -2.44. The standard InChI is InChI=1S/C20H24O4/c1-4-5-16-12-20(19(11-18(16)21)23-13-24-20)14(2)10-15-6-8-17(22-3)9-7-15/h4,6-9,11,14,16H,1,5,10,12-13H2,2-3H3/t14-,16-,20+/m0/s1. The highest BCUT2D eigenvalue weighted by Gasteiger charge is 2.51. The molecule has 1 aliphatic heterocycles. The third-order valence-corrected chi connectivity index (χ3v) is 5.12. The average Bonchev–Trinajstić information content (AvgIpc) is 3.00. The number of carbonyl (C=O) groups is 1. The summed E-state index contributed by atoms with van der Waals surface area (Å²) in [6.45, 7) is 6.14. The van der Waals surface area contributed by atoms with Gasteiger partial charge < -0.3 is 14.2 Å². The van der Waals surface area contributed by atoms with Gasteiger partial charge in [0, 0.05) is 12.0 Å². The molecule has 0 saturated carbocycles. The third-order valence-electron chi connectivity index (χ3n) is 5.12. The molecular weight excluding hydrogens is 304 g/mol. The van der Waals surface area contributed by atoms with Crippen LogP contribution in [-0.2, 0) is 20.7 Å². The van der Waals surface area contributed by atoms with E-state index in [9.17, 15) is 4.79 Å². The van der Waals surface area contributed by atoms with Crippen molar-refractivity contribution >= 4 is 5.78 Å². The number of rotatable bonds is 6. The van der Waals surface area contributed by atoms with Crippen LogP contribution in [0, 0.1) is 11.8 Å². The molecule has 3 rings (SSSR count). The Morgan fingerprint density at radius 1 is 1.42 bits per heavy atom. The quantitative estimate of drug-likeness (QED) is 0.748. The molecule has 1 fully saturated rings. The second-order valence-electron chi connectivity index (χ2n) is 6.59. The molecule has 2 aliphatic rings. The SMILES string of the molecule is C=CC[C@H]1C[C@]2([C@@H](C)Cc3ccc(OC)cc3)OCOC2=CC1=O. The summed E-state index contributed by atoms with van der Waals surface area (Å²) in [4.78, 5) is 12.2. The zero-order valence-corrected chi connectivity index (χ0v) is 14.3. The van der Waals surface area contributed by atoms with E-state index in [2.05, 4.69) is 25.6 Å². The minimum Gasteiger partial charge on any atom is -0.497 e. The summed E-state index contributed by atoms with van der Waals surface area (Å²) in [5.41, 5.74) is 0.700. The largest absolute Gasteiger partial charge is 0.497 e. The van der Waals surface area contributed by atoms with Crippen molar-refractivity contribution in [1.82, 2.24) is 0 Å². The van der Waals surface area contributed by atoms with Gasteiger partial charge in [0.05, 0.1) is 7.11 Å². The molecule has 3 atom stereocenters. The Balaban J connectivity index is 1.82. The van der Waals surface area contributed by atoms with Crippen molar-refractivity contribution in [2.24, 2.45) is 11.8 Å². The molecule has 0 amide bonds. The Morgan fingerprint density at radius 2 is 2.17 bits per heavy atom. The van der Waals surface area contributed by atoms with Gasteiger partial charge in [0.25, 0.3) is 0 Å². The van der Waals surface area contributed by atoms with Gasteiger partial charge in [-0.25, -0.2) is 0 Å². The van der Waals surface area contributed by atoms with Crippen molar-refractivity contribution in [3.8, 4) is 5.75 Å². The van der Waals surface area contributed by atoms with Crippen molar-refractivity contribution in [1.29, 1.82) is 0 Å². The zero-order valence-electron chi connectivity index (χ0n) is 14.3. The van der Waals surface area contributed by atoms with Crippen LogP contribution in [0.25, 0.3) is 0 Å². The second-order valence-corrected chi connectivity index (χ2v) is 6.59. The maximum Gasteiger partial charge on any atom is 0.189 e. The number of hydrogen-bond acceptors (Lipinski definition) is 4. The summed E-state index contributed by atoms with van der Waals surface area (Å²) in [6, 6.07) is 8.07. The molecule has 4 heteroatoms. The smallest absolute Gasteiger partial charge is 0.189 e. The summed E-state index contributed by atoms with van der Waals surface area (Å²) in [6.07, 6.45) is 5.61. The van der Waals surface area contributed by atoms with Crippen LogP contribution in [0.4, 0.5) is 0 Å². The van der Waals surface area contributed by atoms with E-state index in [0.717, 1.165) is 12.2 Å². The number of methoxy groups -OCH3 is 1.